The van der Waals surface area contributed by atoms with E-state index in [1.54, 1.807) is 18.2 Å². The van der Waals surface area contributed by atoms with Gasteiger partial charge in [0.2, 0.25) is 20.9 Å². The molecule has 0 aliphatic carbocycles. The summed E-state index contributed by atoms with van der Waals surface area (Å²) in [5.41, 5.74) is 2.25. The van der Waals surface area contributed by atoms with E-state index in [4.69, 9.17) is 5.11 Å². The van der Waals surface area contributed by atoms with Crippen molar-refractivity contribution in [2.24, 2.45) is 0 Å². The summed E-state index contributed by atoms with van der Waals surface area (Å²) in [5.74, 6) is 0.322. The molecule has 23 heavy (non-hydrogen) atoms. The number of aliphatic hydroxyl groups is 1. The van der Waals surface area contributed by atoms with Gasteiger partial charge >= 0.3 is 0 Å². The molecule has 2 aromatic heterocycles. The molecule has 0 aliphatic heterocycles. The van der Waals surface area contributed by atoms with Crippen molar-refractivity contribution in [1.29, 1.82) is 0 Å². The lowest BCUT2D eigenvalue weighted by Crippen LogP contribution is -2.05. The average molecular weight is 331 g/mol. The highest BCUT2D eigenvalue weighted by molar-refractivity contribution is 7.90. The lowest BCUT2D eigenvalue weighted by molar-refractivity contribution is 0.282. The van der Waals surface area contributed by atoms with Crippen molar-refractivity contribution >= 4 is 32.5 Å². The number of rotatable bonds is 4. The summed E-state index contributed by atoms with van der Waals surface area (Å²) < 4.78 is 22.9. The molecule has 0 radical (unpaired) electrons. The molecule has 9 heteroatoms. The number of hydrogen-bond acceptors (Lipinski definition) is 8. The van der Waals surface area contributed by atoms with E-state index in [2.05, 4.69) is 25.3 Å². The molecule has 8 nitrogen and oxygen atoms in total. The van der Waals surface area contributed by atoms with Gasteiger partial charge in [0.15, 0.2) is 0 Å². The Kier molecular flexibility index (Phi) is 3.89. The Labute approximate surface area is 132 Å². The van der Waals surface area contributed by atoms with Crippen LogP contribution in [0.5, 0.6) is 0 Å². The van der Waals surface area contributed by atoms with Gasteiger partial charge in [-0.15, -0.1) is 0 Å². The zero-order valence-electron chi connectivity index (χ0n) is 12.1. The van der Waals surface area contributed by atoms with E-state index >= 15 is 0 Å². The number of aromatic nitrogens is 4. The van der Waals surface area contributed by atoms with E-state index in [1.807, 2.05) is 6.07 Å². The monoisotopic (exact) mass is 331 g/mol. The molecular formula is C14H13N5O3S. The minimum absolute atomic E-state index is 0.0593. The number of anilines is 2. The van der Waals surface area contributed by atoms with Gasteiger partial charge in [-0.3, -0.25) is 0 Å². The molecule has 0 bridgehead atoms. The van der Waals surface area contributed by atoms with E-state index in [9.17, 15) is 8.42 Å². The van der Waals surface area contributed by atoms with Crippen molar-refractivity contribution in [3.05, 3.63) is 42.2 Å². The van der Waals surface area contributed by atoms with E-state index < -0.39 is 9.84 Å². The van der Waals surface area contributed by atoms with Gasteiger partial charge in [-0.1, -0.05) is 12.1 Å². The van der Waals surface area contributed by atoms with Gasteiger partial charge in [-0.25, -0.2) is 28.4 Å². The topological polar surface area (TPSA) is 118 Å². The van der Waals surface area contributed by atoms with Gasteiger partial charge < -0.3 is 10.4 Å². The number of hydrogen-bond donors (Lipinski definition) is 2. The SMILES string of the molecule is CS(=O)(=O)c1ncc2nc(Nc3cccc(CO)c3)ncc2n1. The van der Waals surface area contributed by atoms with E-state index in [1.165, 1.54) is 12.4 Å². The molecule has 0 saturated carbocycles. The second kappa shape index (κ2) is 5.86. The molecular weight excluding hydrogens is 318 g/mol. The molecule has 0 unspecified atom stereocenters. The summed E-state index contributed by atoms with van der Waals surface area (Å²) in [6.45, 7) is -0.0593. The second-order valence-corrected chi connectivity index (χ2v) is 6.78. The minimum Gasteiger partial charge on any atom is -0.392 e. The van der Waals surface area contributed by atoms with Gasteiger partial charge in [-0.2, -0.15) is 0 Å². The zero-order chi connectivity index (χ0) is 16.4. The predicted molar refractivity (Wildman–Crippen MR) is 83.9 cm³/mol. The van der Waals surface area contributed by atoms with E-state index in [0.717, 1.165) is 17.5 Å². The molecule has 3 aromatic rings. The number of fused-ring (bicyclic) bond motifs is 1. The summed E-state index contributed by atoms with van der Waals surface area (Å²) in [4.78, 5) is 16.1. The van der Waals surface area contributed by atoms with Crippen LogP contribution in [0.1, 0.15) is 5.56 Å². The van der Waals surface area contributed by atoms with Crippen LogP contribution in [0.3, 0.4) is 0 Å². The molecule has 2 N–H and O–H groups in total. The fourth-order valence-corrected chi connectivity index (χ4v) is 2.44. The highest BCUT2D eigenvalue weighted by atomic mass is 32.2. The summed E-state index contributed by atoms with van der Waals surface area (Å²) >= 11 is 0. The first kappa shape index (κ1) is 15.3. The molecule has 0 aliphatic rings. The quantitative estimate of drug-likeness (QED) is 0.681. The van der Waals surface area contributed by atoms with E-state index in [0.29, 0.717) is 17.0 Å². The Morgan fingerprint density at radius 2 is 1.87 bits per heavy atom. The number of nitrogens with zero attached hydrogens (tertiary/aromatic N) is 4. The zero-order valence-corrected chi connectivity index (χ0v) is 12.9. The average Bonchev–Trinajstić information content (AvgIpc) is 2.53. The molecule has 3 rings (SSSR count). The molecule has 0 saturated heterocycles. The van der Waals surface area contributed by atoms with Crippen LogP contribution in [-0.4, -0.2) is 39.7 Å². The first-order valence-electron chi connectivity index (χ1n) is 6.62. The third-order valence-electron chi connectivity index (χ3n) is 3.01. The highest BCUT2D eigenvalue weighted by Crippen LogP contribution is 2.17. The van der Waals surface area contributed by atoms with Crippen LogP contribution in [0, 0.1) is 0 Å². The van der Waals surface area contributed by atoms with Crippen molar-refractivity contribution in [1.82, 2.24) is 19.9 Å². The maximum Gasteiger partial charge on any atom is 0.247 e. The third-order valence-corrected chi connectivity index (χ3v) is 3.87. The summed E-state index contributed by atoms with van der Waals surface area (Å²) in [7, 11) is -3.48. The second-order valence-electron chi connectivity index (χ2n) is 4.87. The highest BCUT2D eigenvalue weighted by Gasteiger charge is 2.12. The maximum atomic E-state index is 11.4. The molecule has 0 fully saturated rings. The van der Waals surface area contributed by atoms with Gasteiger partial charge in [0.1, 0.15) is 11.0 Å². The van der Waals surface area contributed by atoms with E-state index in [-0.39, 0.29) is 11.8 Å². The number of nitrogens with one attached hydrogen (secondary N) is 1. The maximum absolute atomic E-state index is 11.4. The lowest BCUT2D eigenvalue weighted by Gasteiger charge is -2.07. The Bertz CT molecular complexity index is 975. The Balaban J connectivity index is 1.94. The van der Waals surface area contributed by atoms with Gasteiger partial charge in [0.05, 0.1) is 19.0 Å². The van der Waals surface area contributed by atoms with Crippen LogP contribution in [0.2, 0.25) is 0 Å². The molecule has 118 valence electrons. The smallest absolute Gasteiger partial charge is 0.247 e. The van der Waals surface area contributed by atoms with Crippen LogP contribution < -0.4 is 5.32 Å². The number of sulfone groups is 1. The fraction of sp³-hybridized carbons (Fsp3) is 0.143. The largest absolute Gasteiger partial charge is 0.392 e. The first-order chi connectivity index (χ1) is 11.0. The van der Waals surface area contributed by atoms with Crippen LogP contribution in [0.4, 0.5) is 11.6 Å². The molecule has 0 atom stereocenters. The normalized spacial score (nSPS) is 11.6. The standard InChI is InChI=1S/C14H13N5O3S/c1-23(21,22)14-16-7-11-12(19-14)6-15-13(18-11)17-10-4-2-3-9(5-10)8-20/h2-7,20H,8H2,1H3,(H,15,17,18). The number of aliphatic hydroxyl groups excluding tert-OH is 1. The van der Waals surface area contributed by atoms with Crippen LogP contribution >= 0.6 is 0 Å². The minimum atomic E-state index is -3.48. The lowest BCUT2D eigenvalue weighted by atomic mass is 10.2. The Morgan fingerprint density at radius 3 is 2.61 bits per heavy atom. The van der Waals surface area contributed by atoms with Gasteiger partial charge in [-0.05, 0) is 17.7 Å². The number of benzene rings is 1. The predicted octanol–water partition coefficient (Wildman–Crippen LogP) is 1.06. The molecule has 2 heterocycles. The van der Waals surface area contributed by atoms with Crippen molar-refractivity contribution in [2.75, 3.05) is 11.6 Å². The van der Waals surface area contributed by atoms with Crippen molar-refractivity contribution < 1.29 is 13.5 Å². The molecule has 0 amide bonds. The molecule has 0 spiro atoms. The summed E-state index contributed by atoms with van der Waals surface area (Å²) in [5, 5.41) is 11.9. The van der Waals surface area contributed by atoms with Gasteiger partial charge in [0, 0.05) is 11.9 Å². The first-order valence-corrected chi connectivity index (χ1v) is 8.51. The summed E-state index contributed by atoms with van der Waals surface area (Å²) in [6.07, 6.45) is 3.81. The molecule has 1 aromatic carbocycles. The Hall–Kier alpha value is -2.65. The van der Waals surface area contributed by atoms with Gasteiger partial charge in [0.25, 0.3) is 0 Å². The van der Waals surface area contributed by atoms with Crippen molar-refractivity contribution in [3.8, 4) is 0 Å². The summed E-state index contributed by atoms with van der Waals surface area (Å²) in [6, 6.07) is 7.19. The van der Waals surface area contributed by atoms with Crippen molar-refractivity contribution in [2.45, 2.75) is 11.8 Å². The fourth-order valence-electron chi connectivity index (χ4n) is 1.93. The van der Waals surface area contributed by atoms with Crippen LogP contribution in [-0.2, 0) is 16.4 Å². The van der Waals surface area contributed by atoms with Crippen LogP contribution in [0.15, 0.2) is 41.8 Å². The third kappa shape index (κ3) is 3.41. The van der Waals surface area contributed by atoms with Crippen LogP contribution in [0.25, 0.3) is 11.0 Å². The van der Waals surface area contributed by atoms with Crippen molar-refractivity contribution in [3.63, 3.8) is 0 Å². The Morgan fingerprint density at radius 1 is 1.13 bits per heavy atom.